The minimum atomic E-state index is 0. The van der Waals surface area contributed by atoms with Gasteiger partial charge in [0.2, 0.25) is 0 Å². The first-order valence-electron chi connectivity index (χ1n) is 4.11. The van der Waals surface area contributed by atoms with E-state index < -0.39 is 0 Å². The maximum absolute atomic E-state index is 5.88. The standard InChI is InChI=1S/C10H8Cl2N2.ClH/c1-14-9(12)6-13-10(14)7-2-4-8(11)5-3-7;/h2-6H,1H3;1H. The zero-order valence-electron chi connectivity index (χ0n) is 7.95. The Morgan fingerprint density at radius 3 is 2.20 bits per heavy atom. The van der Waals surface area contributed by atoms with Crippen LogP contribution < -0.4 is 0 Å². The van der Waals surface area contributed by atoms with E-state index in [1.54, 1.807) is 6.20 Å². The molecule has 80 valence electrons. The van der Waals surface area contributed by atoms with Crippen molar-refractivity contribution in [2.45, 2.75) is 0 Å². The van der Waals surface area contributed by atoms with Crippen LogP contribution in [0, 0.1) is 0 Å². The van der Waals surface area contributed by atoms with Crippen LogP contribution in [0.15, 0.2) is 30.5 Å². The van der Waals surface area contributed by atoms with Gasteiger partial charge in [0.1, 0.15) is 11.0 Å². The number of hydrogen-bond donors (Lipinski definition) is 0. The Balaban J connectivity index is 0.00000112. The smallest absolute Gasteiger partial charge is 0.140 e. The lowest BCUT2D eigenvalue weighted by Crippen LogP contribution is -1.92. The van der Waals surface area contributed by atoms with Crippen LogP contribution in [0.3, 0.4) is 0 Å². The molecule has 2 rings (SSSR count). The monoisotopic (exact) mass is 262 g/mol. The molecule has 2 aromatic rings. The van der Waals surface area contributed by atoms with Gasteiger partial charge in [0.25, 0.3) is 0 Å². The summed E-state index contributed by atoms with van der Waals surface area (Å²) in [5, 5.41) is 1.34. The van der Waals surface area contributed by atoms with E-state index in [-0.39, 0.29) is 12.4 Å². The maximum Gasteiger partial charge on any atom is 0.140 e. The third-order valence-electron chi connectivity index (χ3n) is 2.03. The first-order valence-corrected chi connectivity index (χ1v) is 4.87. The third-order valence-corrected chi connectivity index (χ3v) is 2.64. The highest BCUT2D eigenvalue weighted by atomic mass is 35.5. The Labute approximate surface area is 104 Å². The molecular formula is C10H9Cl3N2. The number of rotatable bonds is 1. The van der Waals surface area contributed by atoms with Gasteiger partial charge < -0.3 is 4.57 Å². The second kappa shape index (κ2) is 4.88. The minimum absolute atomic E-state index is 0. The molecule has 15 heavy (non-hydrogen) atoms. The summed E-state index contributed by atoms with van der Waals surface area (Å²) in [6.07, 6.45) is 1.63. The van der Waals surface area contributed by atoms with E-state index in [0.717, 1.165) is 11.4 Å². The van der Waals surface area contributed by atoms with Crippen molar-refractivity contribution in [1.29, 1.82) is 0 Å². The van der Waals surface area contributed by atoms with Crippen LogP contribution >= 0.6 is 35.6 Å². The first kappa shape index (κ1) is 12.4. The topological polar surface area (TPSA) is 17.8 Å². The van der Waals surface area contributed by atoms with E-state index in [0.29, 0.717) is 10.2 Å². The van der Waals surface area contributed by atoms with E-state index in [2.05, 4.69) is 4.98 Å². The molecule has 0 saturated heterocycles. The number of hydrogen-bond acceptors (Lipinski definition) is 1. The van der Waals surface area contributed by atoms with Crippen molar-refractivity contribution in [2.75, 3.05) is 0 Å². The van der Waals surface area contributed by atoms with Gasteiger partial charge in [-0.25, -0.2) is 4.98 Å². The molecule has 0 amide bonds. The highest BCUT2D eigenvalue weighted by molar-refractivity contribution is 6.30. The SMILES string of the molecule is Cl.Cn1c(Cl)cnc1-c1ccc(Cl)cc1. The van der Waals surface area contributed by atoms with E-state index in [4.69, 9.17) is 23.2 Å². The van der Waals surface area contributed by atoms with Crippen LogP contribution in [-0.4, -0.2) is 9.55 Å². The molecule has 0 saturated carbocycles. The summed E-state index contributed by atoms with van der Waals surface area (Å²) in [6, 6.07) is 7.50. The molecule has 1 aromatic heterocycles. The molecule has 0 aliphatic rings. The molecule has 0 aliphatic carbocycles. The number of benzene rings is 1. The summed E-state index contributed by atoms with van der Waals surface area (Å²) in [5.74, 6) is 0.840. The van der Waals surface area contributed by atoms with E-state index in [9.17, 15) is 0 Å². The van der Waals surface area contributed by atoms with Crippen LogP contribution in [0.5, 0.6) is 0 Å². The fourth-order valence-corrected chi connectivity index (χ4v) is 1.51. The summed E-state index contributed by atoms with van der Waals surface area (Å²) < 4.78 is 1.82. The Bertz CT molecular complexity index is 448. The quantitative estimate of drug-likeness (QED) is 0.765. The molecular weight excluding hydrogens is 254 g/mol. The lowest BCUT2D eigenvalue weighted by atomic mass is 10.2. The van der Waals surface area contributed by atoms with E-state index >= 15 is 0 Å². The van der Waals surface area contributed by atoms with Crippen molar-refractivity contribution >= 4 is 35.6 Å². The summed E-state index contributed by atoms with van der Waals surface area (Å²) in [4.78, 5) is 4.20. The molecule has 0 unspecified atom stereocenters. The van der Waals surface area contributed by atoms with Crippen LogP contribution in [0.2, 0.25) is 10.2 Å². The molecule has 2 nitrogen and oxygen atoms in total. The molecule has 0 atom stereocenters. The van der Waals surface area contributed by atoms with Crippen molar-refractivity contribution in [3.63, 3.8) is 0 Å². The van der Waals surface area contributed by atoms with Crippen molar-refractivity contribution in [1.82, 2.24) is 9.55 Å². The molecule has 1 aromatic carbocycles. The number of nitrogens with zero attached hydrogens (tertiary/aromatic N) is 2. The highest BCUT2D eigenvalue weighted by Crippen LogP contribution is 2.22. The van der Waals surface area contributed by atoms with E-state index in [1.165, 1.54) is 0 Å². The van der Waals surface area contributed by atoms with Crippen LogP contribution in [0.4, 0.5) is 0 Å². The van der Waals surface area contributed by atoms with Gasteiger partial charge in [-0.15, -0.1) is 12.4 Å². The molecule has 1 heterocycles. The average Bonchev–Trinajstić information content (AvgIpc) is 2.50. The molecule has 0 bridgehead atoms. The van der Waals surface area contributed by atoms with Crippen LogP contribution in [0.25, 0.3) is 11.4 Å². The van der Waals surface area contributed by atoms with Gasteiger partial charge in [-0.05, 0) is 24.3 Å². The Kier molecular flexibility index (Phi) is 4.03. The molecule has 0 aliphatic heterocycles. The predicted octanol–water partition coefficient (Wildman–Crippen LogP) is 3.82. The van der Waals surface area contributed by atoms with Gasteiger partial charge in [0, 0.05) is 17.6 Å². The molecule has 0 N–H and O–H groups in total. The number of imidazole rings is 1. The van der Waals surface area contributed by atoms with Crippen LogP contribution in [-0.2, 0) is 7.05 Å². The van der Waals surface area contributed by atoms with Gasteiger partial charge in [0.05, 0.1) is 6.20 Å². The summed E-state index contributed by atoms with van der Waals surface area (Å²) in [5.41, 5.74) is 1.00. The third kappa shape index (κ3) is 2.46. The predicted molar refractivity (Wildman–Crippen MR) is 65.9 cm³/mol. The zero-order valence-corrected chi connectivity index (χ0v) is 10.3. The van der Waals surface area contributed by atoms with Crippen molar-refractivity contribution in [2.24, 2.45) is 7.05 Å². The lowest BCUT2D eigenvalue weighted by Gasteiger charge is -2.02. The number of halogens is 3. The largest absolute Gasteiger partial charge is 0.318 e. The maximum atomic E-state index is 5.88. The minimum Gasteiger partial charge on any atom is -0.318 e. The highest BCUT2D eigenvalue weighted by Gasteiger charge is 2.06. The number of aromatic nitrogens is 2. The molecule has 0 fully saturated rings. The molecule has 0 spiro atoms. The second-order valence-electron chi connectivity index (χ2n) is 2.97. The fourth-order valence-electron chi connectivity index (χ4n) is 1.26. The van der Waals surface area contributed by atoms with Crippen LogP contribution in [0.1, 0.15) is 0 Å². The average molecular weight is 264 g/mol. The summed E-state index contributed by atoms with van der Waals surface area (Å²) >= 11 is 11.7. The Morgan fingerprint density at radius 1 is 1.13 bits per heavy atom. The fraction of sp³-hybridized carbons (Fsp3) is 0.100. The molecule has 5 heteroatoms. The summed E-state index contributed by atoms with van der Waals surface area (Å²) in [7, 11) is 1.87. The van der Waals surface area contributed by atoms with Crippen molar-refractivity contribution < 1.29 is 0 Å². The van der Waals surface area contributed by atoms with Gasteiger partial charge in [-0.3, -0.25) is 0 Å². The van der Waals surface area contributed by atoms with Gasteiger partial charge in [-0.2, -0.15) is 0 Å². The van der Waals surface area contributed by atoms with Crippen molar-refractivity contribution in [3.05, 3.63) is 40.6 Å². The first-order chi connectivity index (χ1) is 6.68. The second-order valence-corrected chi connectivity index (χ2v) is 3.79. The van der Waals surface area contributed by atoms with Gasteiger partial charge in [0.15, 0.2) is 0 Å². The Hall–Kier alpha value is -0.700. The Morgan fingerprint density at radius 2 is 1.73 bits per heavy atom. The van der Waals surface area contributed by atoms with Crippen molar-refractivity contribution in [3.8, 4) is 11.4 Å². The molecule has 0 radical (unpaired) electrons. The van der Waals surface area contributed by atoms with Gasteiger partial charge in [-0.1, -0.05) is 23.2 Å². The van der Waals surface area contributed by atoms with Gasteiger partial charge >= 0.3 is 0 Å². The summed E-state index contributed by atoms with van der Waals surface area (Å²) in [6.45, 7) is 0. The van der Waals surface area contributed by atoms with E-state index in [1.807, 2.05) is 35.9 Å². The normalized spacial score (nSPS) is 9.80. The lowest BCUT2D eigenvalue weighted by molar-refractivity contribution is 0.926. The zero-order chi connectivity index (χ0) is 10.1.